The summed E-state index contributed by atoms with van der Waals surface area (Å²) in [7, 11) is 3.22. The molecule has 2 aliphatic heterocycles. The molecule has 1 fully saturated rings. The molecule has 11 heteroatoms. The van der Waals surface area contributed by atoms with Crippen molar-refractivity contribution < 1.29 is 32.1 Å². The van der Waals surface area contributed by atoms with Gasteiger partial charge in [-0.05, 0) is 42.0 Å². The number of ether oxygens (including phenoxy) is 4. The van der Waals surface area contributed by atoms with Crippen LogP contribution in [0.15, 0.2) is 54.6 Å². The molecule has 216 valence electrons. The molecule has 8 nitrogen and oxygen atoms in total. The second kappa shape index (κ2) is 11.0. The maximum absolute atomic E-state index is 13.2. The van der Waals surface area contributed by atoms with E-state index in [-0.39, 0.29) is 6.79 Å². The van der Waals surface area contributed by atoms with Crippen LogP contribution in [0.25, 0.3) is 10.9 Å². The van der Waals surface area contributed by atoms with Gasteiger partial charge in [0.1, 0.15) is 0 Å². The Labute approximate surface area is 235 Å². The maximum atomic E-state index is 13.2. The minimum atomic E-state index is -4.35. The quantitative estimate of drug-likeness (QED) is 0.289. The molecule has 1 saturated heterocycles. The Kier molecular flexibility index (Phi) is 7.29. The topological polar surface area (TPSA) is 61.2 Å². The molecule has 0 bridgehead atoms. The number of hydrogen-bond donors (Lipinski definition) is 0. The Morgan fingerprint density at radius 1 is 0.878 bits per heavy atom. The van der Waals surface area contributed by atoms with E-state index in [4.69, 9.17) is 24.0 Å². The van der Waals surface area contributed by atoms with Crippen LogP contribution in [-0.4, -0.2) is 68.4 Å². The minimum absolute atomic E-state index is 0.191. The van der Waals surface area contributed by atoms with Crippen LogP contribution in [0.2, 0.25) is 0 Å². The summed E-state index contributed by atoms with van der Waals surface area (Å²) in [5.74, 6) is 2.73. The number of nitrogens with zero attached hydrogens (tertiary/aromatic N) is 4. The number of alkyl halides is 3. The predicted octanol–water partition coefficient (Wildman–Crippen LogP) is 5.21. The van der Waals surface area contributed by atoms with Crippen molar-refractivity contribution in [1.82, 2.24) is 14.7 Å². The monoisotopic (exact) mass is 568 g/mol. The number of halogens is 3. The molecule has 0 amide bonds. The molecule has 3 heterocycles. The van der Waals surface area contributed by atoms with Gasteiger partial charge in [0.25, 0.3) is 0 Å². The van der Waals surface area contributed by atoms with Crippen LogP contribution in [0.3, 0.4) is 0 Å². The fourth-order valence-electron chi connectivity index (χ4n) is 5.46. The first kappa shape index (κ1) is 27.1. The van der Waals surface area contributed by atoms with E-state index in [2.05, 4.69) is 4.90 Å². The third-order valence-corrected chi connectivity index (χ3v) is 7.68. The van der Waals surface area contributed by atoms with Crippen LogP contribution in [-0.2, 0) is 19.1 Å². The molecule has 41 heavy (non-hydrogen) atoms. The highest BCUT2D eigenvalue weighted by atomic mass is 19.4. The molecule has 6 rings (SSSR count). The zero-order valence-corrected chi connectivity index (χ0v) is 22.9. The molecule has 2 aliphatic rings. The molecule has 4 aromatic rings. The van der Waals surface area contributed by atoms with E-state index in [1.165, 1.54) is 12.1 Å². The number of methoxy groups -OCH3 is 2. The molecular weight excluding hydrogens is 537 g/mol. The Balaban J connectivity index is 1.17. The highest BCUT2D eigenvalue weighted by Crippen LogP contribution is 2.38. The van der Waals surface area contributed by atoms with Crippen molar-refractivity contribution in [2.75, 3.05) is 58.6 Å². The molecule has 0 aliphatic carbocycles. The first-order valence-corrected chi connectivity index (χ1v) is 13.5. The van der Waals surface area contributed by atoms with Crippen molar-refractivity contribution in [1.29, 1.82) is 0 Å². The van der Waals surface area contributed by atoms with Crippen LogP contribution in [0, 0.1) is 0 Å². The summed E-state index contributed by atoms with van der Waals surface area (Å²) >= 11 is 0. The standard InChI is InChI=1S/C30H31F3N4O4/c1-38-26-7-6-20(14-27(26)39-2)18-37-25-17-29-28(40-19-41-29)16-23(25)24(34-37)8-9-35-10-12-36(13-11-35)22-5-3-4-21(15-22)30(31,32)33/h3-7,14-17H,8-13,18-19H2,1-2H3. The van der Waals surface area contributed by atoms with Gasteiger partial charge in [0.2, 0.25) is 6.79 Å². The Bertz CT molecular complexity index is 1550. The number of hydrogen-bond acceptors (Lipinski definition) is 7. The zero-order chi connectivity index (χ0) is 28.6. The smallest absolute Gasteiger partial charge is 0.416 e. The fourth-order valence-corrected chi connectivity index (χ4v) is 5.46. The van der Waals surface area contributed by atoms with Crippen molar-refractivity contribution in [2.24, 2.45) is 0 Å². The molecule has 3 aromatic carbocycles. The van der Waals surface area contributed by atoms with E-state index in [9.17, 15) is 13.2 Å². The second-order valence-electron chi connectivity index (χ2n) is 10.1. The van der Waals surface area contributed by atoms with Crippen molar-refractivity contribution >= 4 is 16.6 Å². The average molecular weight is 569 g/mol. The highest BCUT2D eigenvalue weighted by Gasteiger charge is 2.31. The molecule has 0 unspecified atom stereocenters. The van der Waals surface area contributed by atoms with E-state index in [0.717, 1.165) is 54.3 Å². The largest absolute Gasteiger partial charge is 0.493 e. The highest BCUT2D eigenvalue weighted by molar-refractivity contribution is 5.86. The van der Waals surface area contributed by atoms with E-state index >= 15 is 0 Å². The number of fused-ring (bicyclic) bond motifs is 2. The van der Waals surface area contributed by atoms with Crippen LogP contribution < -0.4 is 23.8 Å². The molecule has 0 radical (unpaired) electrons. The van der Waals surface area contributed by atoms with E-state index in [1.807, 2.05) is 39.9 Å². The zero-order valence-electron chi connectivity index (χ0n) is 22.9. The SMILES string of the molecule is COc1ccc(Cn2nc(CCN3CCN(c4cccc(C(F)(F)F)c4)CC3)c3cc4c(cc32)OCO4)cc1OC. The van der Waals surface area contributed by atoms with Gasteiger partial charge in [0.05, 0.1) is 37.5 Å². The third-order valence-electron chi connectivity index (χ3n) is 7.68. The van der Waals surface area contributed by atoms with Crippen molar-refractivity contribution in [3.63, 3.8) is 0 Å². The predicted molar refractivity (Wildman–Crippen MR) is 148 cm³/mol. The number of rotatable bonds is 8. The van der Waals surface area contributed by atoms with Gasteiger partial charge >= 0.3 is 6.18 Å². The lowest BCUT2D eigenvalue weighted by Gasteiger charge is -2.36. The first-order chi connectivity index (χ1) is 19.8. The first-order valence-electron chi connectivity index (χ1n) is 13.5. The van der Waals surface area contributed by atoms with Gasteiger partial charge in [0, 0.05) is 56.3 Å². The van der Waals surface area contributed by atoms with Crippen LogP contribution in [0.1, 0.15) is 16.8 Å². The fraction of sp³-hybridized carbons (Fsp3) is 0.367. The molecule has 0 saturated carbocycles. The molecule has 1 aromatic heterocycles. The second-order valence-corrected chi connectivity index (χ2v) is 10.1. The van der Waals surface area contributed by atoms with Crippen molar-refractivity contribution in [3.05, 3.63) is 71.4 Å². The number of benzene rings is 3. The summed E-state index contributed by atoms with van der Waals surface area (Å²) in [5, 5.41) is 6.00. The molecule has 0 spiro atoms. The molecule has 0 N–H and O–H groups in total. The average Bonchev–Trinajstić information content (AvgIpc) is 3.58. The van der Waals surface area contributed by atoms with E-state index in [0.29, 0.717) is 48.3 Å². The lowest BCUT2D eigenvalue weighted by atomic mass is 10.1. The number of piperazine rings is 1. The summed E-state index contributed by atoms with van der Waals surface area (Å²) in [5.41, 5.74) is 2.92. The van der Waals surface area contributed by atoms with Crippen molar-refractivity contribution in [2.45, 2.75) is 19.1 Å². The van der Waals surface area contributed by atoms with Gasteiger partial charge in [0.15, 0.2) is 23.0 Å². The number of anilines is 1. The minimum Gasteiger partial charge on any atom is -0.493 e. The normalized spacial score (nSPS) is 15.5. The molecule has 0 atom stereocenters. The summed E-state index contributed by atoms with van der Waals surface area (Å²) < 4.78 is 63.6. The Morgan fingerprint density at radius 2 is 1.63 bits per heavy atom. The van der Waals surface area contributed by atoms with Gasteiger partial charge in [-0.25, -0.2) is 0 Å². The van der Waals surface area contributed by atoms with Crippen LogP contribution >= 0.6 is 0 Å². The number of aromatic nitrogens is 2. The lowest BCUT2D eigenvalue weighted by molar-refractivity contribution is -0.137. The van der Waals surface area contributed by atoms with Gasteiger partial charge in [-0.15, -0.1) is 0 Å². The van der Waals surface area contributed by atoms with E-state index < -0.39 is 11.7 Å². The summed E-state index contributed by atoms with van der Waals surface area (Å²) in [6.45, 7) is 4.35. The molecular formula is C30H31F3N4O4. The van der Waals surface area contributed by atoms with Crippen LogP contribution in [0.4, 0.5) is 18.9 Å². The summed E-state index contributed by atoms with van der Waals surface area (Å²) in [6.07, 6.45) is -3.63. The summed E-state index contributed by atoms with van der Waals surface area (Å²) in [4.78, 5) is 4.34. The van der Waals surface area contributed by atoms with Gasteiger partial charge in [-0.1, -0.05) is 12.1 Å². The van der Waals surface area contributed by atoms with Gasteiger partial charge < -0.3 is 23.8 Å². The lowest BCUT2D eigenvalue weighted by Crippen LogP contribution is -2.47. The van der Waals surface area contributed by atoms with Gasteiger partial charge in [-0.3, -0.25) is 9.58 Å². The van der Waals surface area contributed by atoms with Gasteiger partial charge in [-0.2, -0.15) is 18.3 Å². The van der Waals surface area contributed by atoms with Crippen molar-refractivity contribution in [3.8, 4) is 23.0 Å². The van der Waals surface area contributed by atoms with Crippen LogP contribution in [0.5, 0.6) is 23.0 Å². The third kappa shape index (κ3) is 5.58. The maximum Gasteiger partial charge on any atom is 0.416 e. The Hall–Kier alpha value is -4.12. The Morgan fingerprint density at radius 3 is 2.37 bits per heavy atom. The van der Waals surface area contributed by atoms with E-state index in [1.54, 1.807) is 20.3 Å². The summed E-state index contributed by atoms with van der Waals surface area (Å²) in [6, 6.07) is 15.4.